The van der Waals surface area contributed by atoms with Crippen LogP contribution in [-0.2, 0) is 9.98 Å². The summed E-state index contributed by atoms with van der Waals surface area (Å²) in [6, 6.07) is 28.2. The first-order valence-electron chi connectivity index (χ1n) is 9.95. The van der Waals surface area contributed by atoms with E-state index in [1.54, 1.807) is 0 Å². The van der Waals surface area contributed by atoms with Crippen LogP contribution in [0.2, 0.25) is 0 Å². The highest BCUT2D eigenvalue weighted by Crippen LogP contribution is 2.43. The lowest BCUT2D eigenvalue weighted by atomic mass is 9.72. The van der Waals surface area contributed by atoms with Crippen LogP contribution in [0.3, 0.4) is 0 Å². The first-order chi connectivity index (χ1) is 13.1. The molecular formula is C26H31OP. The summed E-state index contributed by atoms with van der Waals surface area (Å²) in [5.74, 6) is 0. The molecule has 0 radical (unpaired) electrons. The SMILES string of the molecule is CC(C)(C)CC(C)(C)c1ccc(P(=O)(c2ccccc2)c2ccccc2)cc1. The van der Waals surface area contributed by atoms with E-state index in [1.807, 2.05) is 60.7 Å². The van der Waals surface area contributed by atoms with E-state index in [-0.39, 0.29) is 10.8 Å². The van der Waals surface area contributed by atoms with Gasteiger partial charge in [0.05, 0.1) is 0 Å². The normalized spacial score (nSPS) is 12.8. The molecule has 0 heterocycles. The van der Waals surface area contributed by atoms with E-state index in [9.17, 15) is 4.57 Å². The van der Waals surface area contributed by atoms with Gasteiger partial charge >= 0.3 is 0 Å². The van der Waals surface area contributed by atoms with Crippen LogP contribution in [-0.4, -0.2) is 0 Å². The van der Waals surface area contributed by atoms with Crippen molar-refractivity contribution in [2.45, 2.75) is 46.5 Å². The Kier molecular flexibility index (Phi) is 5.69. The molecule has 2 heteroatoms. The van der Waals surface area contributed by atoms with Crippen molar-refractivity contribution in [3.05, 3.63) is 90.5 Å². The Labute approximate surface area is 170 Å². The van der Waals surface area contributed by atoms with Crippen LogP contribution in [0.5, 0.6) is 0 Å². The lowest BCUT2D eigenvalue weighted by Crippen LogP contribution is -2.27. The van der Waals surface area contributed by atoms with E-state index in [2.05, 4.69) is 58.9 Å². The first kappa shape index (κ1) is 20.6. The third-order valence-electron chi connectivity index (χ3n) is 5.22. The predicted octanol–water partition coefficient (Wildman–Crippen LogP) is 6.04. The zero-order valence-corrected chi connectivity index (χ0v) is 18.5. The second-order valence-corrected chi connectivity index (χ2v) is 12.2. The molecule has 0 saturated heterocycles. The quantitative estimate of drug-likeness (QED) is 0.486. The minimum absolute atomic E-state index is 0.0697. The monoisotopic (exact) mass is 390 g/mol. The molecule has 146 valence electrons. The third kappa shape index (κ3) is 4.31. The van der Waals surface area contributed by atoms with Crippen LogP contribution in [0, 0.1) is 5.41 Å². The molecule has 0 saturated carbocycles. The van der Waals surface area contributed by atoms with E-state index in [0.29, 0.717) is 0 Å². The zero-order valence-electron chi connectivity index (χ0n) is 17.6. The Balaban J connectivity index is 2.07. The van der Waals surface area contributed by atoms with Crippen molar-refractivity contribution < 1.29 is 4.57 Å². The number of hydrogen-bond donors (Lipinski definition) is 0. The summed E-state index contributed by atoms with van der Waals surface area (Å²) < 4.78 is 14.4. The van der Waals surface area contributed by atoms with Gasteiger partial charge in [-0.25, -0.2) is 0 Å². The largest absolute Gasteiger partial charge is 0.309 e. The zero-order chi connectivity index (χ0) is 20.4. The molecule has 3 aromatic carbocycles. The molecule has 0 spiro atoms. The summed E-state index contributed by atoms with van der Waals surface area (Å²) in [6.45, 7) is 11.4. The Morgan fingerprint density at radius 3 is 1.39 bits per heavy atom. The van der Waals surface area contributed by atoms with Crippen molar-refractivity contribution in [1.29, 1.82) is 0 Å². The summed E-state index contributed by atoms with van der Waals surface area (Å²) in [6.07, 6.45) is 1.09. The van der Waals surface area contributed by atoms with Gasteiger partial charge in [-0.2, -0.15) is 0 Å². The molecule has 0 bridgehead atoms. The first-order valence-corrected chi connectivity index (χ1v) is 11.7. The van der Waals surface area contributed by atoms with Gasteiger partial charge < -0.3 is 4.57 Å². The molecule has 0 aromatic heterocycles. The van der Waals surface area contributed by atoms with E-state index in [4.69, 9.17) is 0 Å². The van der Waals surface area contributed by atoms with E-state index in [1.165, 1.54) is 5.56 Å². The highest BCUT2D eigenvalue weighted by Gasteiger charge is 2.31. The van der Waals surface area contributed by atoms with Crippen molar-refractivity contribution in [2.75, 3.05) is 0 Å². The maximum absolute atomic E-state index is 14.4. The molecule has 0 aliphatic carbocycles. The van der Waals surface area contributed by atoms with Crippen LogP contribution in [0.15, 0.2) is 84.9 Å². The van der Waals surface area contributed by atoms with Gasteiger partial charge in [-0.1, -0.05) is 120 Å². The third-order valence-corrected chi connectivity index (χ3v) is 8.30. The molecule has 0 unspecified atom stereocenters. The van der Waals surface area contributed by atoms with Crippen LogP contribution in [0.25, 0.3) is 0 Å². The summed E-state index contributed by atoms with van der Waals surface area (Å²) in [5.41, 5.74) is 1.62. The molecule has 1 nitrogen and oxygen atoms in total. The predicted molar refractivity (Wildman–Crippen MR) is 123 cm³/mol. The molecule has 0 aliphatic rings. The second kappa shape index (κ2) is 7.72. The Hall–Kier alpha value is -2.11. The van der Waals surface area contributed by atoms with Gasteiger partial charge in [-0.3, -0.25) is 0 Å². The lowest BCUT2D eigenvalue weighted by Gasteiger charge is -2.33. The fraction of sp³-hybridized carbons (Fsp3) is 0.308. The fourth-order valence-corrected chi connectivity index (χ4v) is 6.92. The van der Waals surface area contributed by atoms with Crippen molar-refractivity contribution in [1.82, 2.24) is 0 Å². The molecule has 3 aromatic rings. The van der Waals surface area contributed by atoms with Crippen LogP contribution >= 0.6 is 7.14 Å². The number of hydrogen-bond acceptors (Lipinski definition) is 1. The van der Waals surface area contributed by atoms with Gasteiger partial charge in [-0.15, -0.1) is 0 Å². The summed E-state index contributed by atoms with van der Waals surface area (Å²) in [4.78, 5) is 0. The van der Waals surface area contributed by atoms with Crippen LogP contribution < -0.4 is 15.9 Å². The minimum Gasteiger partial charge on any atom is -0.309 e. The summed E-state index contributed by atoms with van der Waals surface area (Å²) in [7, 11) is -2.89. The standard InChI is InChI=1S/C26H31OP/c1-25(2,3)20-26(4,5)21-16-18-24(19-17-21)28(27,22-12-8-6-9-13-22)23-14-10-7-11-15-23/h6-19H,20H2,1-5H3. The average Bonchev–Trinajstić information content (AvgIpc) is 2.67. The molecule has 0 amide bonds. The Bertz CT molecular complexity index is 905. The highest BCUT2D eigenvalue weighted by molar-refractivity contribution is 7.85. The highest BCUT2D eigenvalue weighted by atomic mass is 31.2. The van der Waals surface area contributed by atoms with E-state index >= 15 is 0 Å². The van der Waals surface area contributed by atoms with E-state index in [0.717, 1.165) is 22.3 Å². The maximum atomic E-state index is 14.4. The molecular weight excluding hydrogens is 359 g/mol. The van der Waals surface area contributed by atoms with Crippen LogP contribution in [0.1, 0.15) is 46.6 Å². The van der Waals surface area contributed by atoms with Gasteiger partial charge in [0.1, 0.15) is 0 Å². The average molecular weight is 391 g/mol. The molecule has 3 rings (SSSR count). The molecule has 0 N–H and O–H groups in total. The van der Waals surface area contributed by atoms with Gasteiger partial charge in [0.25, 0.3) is 0 Å². The van der Waals surface area contributed by atoms with Crippen molar-refractivity contribution in [3.63, 3.8) is 0 Å². The van der Waals surface area contributed by atoms with Crippen molar-refractivity contribution >= 4 is 23.1 Å². The van der Waals surface area contributed by atoms with Gasteiger partial charge in [0.2, 0.25) is 0 Å². The van der Waals surface area contributed by atoms with Gasteiger partial charge in [-0.05, 0) is 22.8 Å². The lowest BCUT2D eigenvalue weighted by molar-refractivity contribution is 0.284. The second-order valence-electron chi connectivity index (χ2n) is 9.45. The number of rotatable bonds is 5. The van der Waals surface area contributed by atoms with E-state index < -0.39 is 7.14 Å². The maximum Gasteiger partial charge on any atom is 0.171 e. The smallest absolute Gasteiger partial charge is 0.171 e. The summed E-state index contributed by atoms with van der Waals surface area (Å²) in [5, 5.41) is 2.64. The van der Waals surface area contributed by atoms with Crippen molar-refractivity contribution in [2.24, 2.45) is 5.41 Å². The van der Waals surface area contributed by atoms with Crippen LogP contribution in [0.4, 0.5) is 0 Å². The van der Waals surface area contributed by atoms with Gasteiger partial charge in [0.15, 0.2) is 7.14 Å². The minimum atomic E-state index is -2.89. The fourth-order valence-electron chi connectivity index (χ4n) is 4.27. The Morgan fingerprint density at radius 1 is 0.607 bits per heavy atom. The molecule has 0 atom stereocenters. The molecule has 0 aliphatic heterocycles. The Morgan fingerprint density at radius 2 is 1.00 bits per heavy atom. The topological polar surface area (TPSA) is 17.1 Å². The summed E-state index contributed by atoms with van der Waals surface area (Å²) >= 11 is 0. The molecule has 0 fully saturated rings. The van der Waals surface area contributed by atoms with Gasteiger partial charge in [0, 0.05) is 15.9 Å². The molecule has 28 heavy (non-hydrogen) atoms. The number of benzene rings is 3. The van der Waals surface area contributed by atoms with Crippen molar-refractivity contribution in [3.8, 4) is 0 Å².